The van der Waals surface area contributed by atoms with Gasteiger partial charge < -0.3 is 20.7 Å². The van der Waals surface area contributed by atoms with Crippen LogP contribution in [0.25, 0.3) is 0 Å². The molecule has 0 bridgehead atoms. The molecule has 28 heavy (non-hydrogen) atoms. The number of benzene rings is 2. The van der Waals surface area contributed by atoms with Gasteiger partial charge in [0.2, 0.25) is 5.91 Å². The number of carbonyl (C=O) groups excluding carboxylic acids is 2. The largest absolute Gasteiger partial charge is 0.377 e. The Balaban J connectivity index is 1.69. The number of nitrogens with one attached hydrogen (secondary N) is 3. The van der Waals surface area contributed by atoms with Crippen molar-refractivity contribution in [2.24, 2.45) is 0 Å². The minimum Gasteiger partial charge on any atom is -0.377 e. The second-order valence-corrected chi connectivity index (χ2v) is 6.26. The fourth-order valence-electron chi connectivity index (χ4n) is 2.46. The van der Waals surface area contributed by atoms with E-state index in [9.17, 15) is 14.0 Å². The van der Waals surface area contributed by atoms with Crippen molar-refractivity contribution < 1.29 is 18.7 Å². The number of carbonyl (C=O) groups is 2. The quantitative estimate of drug-likeness (QED) is 0.549. The first-order chi connectivity index (χ1) is 13.6. The zero-order chi connectivity index (χ0) is 20.2. The minimum atomic E-state index is -0.465. The monoisotopic (exact) mass is 387 g/mol. The van der Waals surface area contributed by atoms with E-state index < -0.39 is 6.03 Å². The van der Waals surface area contributed by atoms with E-state index in [1.165, 1.54) is 12.1 Å². The van der Waals surface area contributed by atoms with Gasteiger partial charge in [0.15, 0.2) is 0 Å². The molecule has 0 atom stereocenters. The summed E-state index contributed by atoms with van der Waals surface area (Å²) in [5.74, 6) is -0.621. The van der Waals surface area contributed by atoms with Crippen molar-refractivity contribution in [2.75, 3.05) is 13.2 Å². The lowest BCUT2D eigenvalue weighted by molar-refractivity contribution is -0.120. The summed E-state index contributed by atoms with van der Waals surface area (Å²) in [7, 11) is 0. The van der Waals surface area contributed by atoms with Crippen LogP contribution in [0.4, 0.5) is 9.18 Å². The molecule has 0 heterocycles. The standard InChI is InChI=1S/C21H26FN3O3/c1-2-11-28-15-18-6-4-3-5-17(18)13-23-20(26)14-25-21(27)24-12-16-7-9-19(22)10-8-16/h3-10H,2,11-15H2,1H3,(H,23,26)(H2,24,25,27). The van der Waals surface area contributed by atoms with E-state index in [2.05, 4.69) is 22.9 Å². The average molecular weight is 387 g/mol. The first kappa shape index (κ1) is 21.4. The van der Waals surface area contributed by atoms with Crippen LogP contribution < -0.4 is 16.0 Å². The Morgan fingerprint density at radius 2 is 1.64 bits per heavy atom. The van der Waals surface area contributed by atoms with E-state index >= 15 is 0 Å². The minimum absolute atomic E-state index is 0.135. The maximum atomic E-state index is 12.8. The van der Waals surface area contributed by atoms with Crippen LogP contribution in [0.1, 0.15) is 30.0 Å². The van der Waals surface area contributed by atoms with Gasteiger partial charge in [-0.15, -0.1) is 0 Å². The Hall–Kier alpha value is -2.93. The molecule has 0 radical (unpaired) electrons. The molecule has 150 valence electrons. The van der Waals surface area contributed by atoms with Crippen molar-refractivity contribution in [3.05, 3.63) is 71.0 Å². The highest BCUT2D eigenvalue weighted by Gasteiger charge is 2.07. The molecule has 3 amide bonds. The molecule has 6 nitrogen and oxygen atoms in total. The molecule has 0 fully saturated rings. The van der Waals surface area contributed by atoms with Gasteiger partial charge in [0.1, 0.15) is 5.82 Å². The third-order valence-electron chi connectivity index (χ3n) is 3.98. The summed E-state index contributed by atoms with van der Waals surface area (Å²) >= 11 is 0. The smallest absolute Gasteiger partial charge is 0.315 e. The van der Waals surface area contributed by atoms with E-state index in [0.29, 0.717) is 19.8 Å². The maximum absolute atomic E-state index is 12.8. The molecule has 3 N–H and O–H groups in total. The molecule has 0 saturated carbocycles. The first-order valence-electron chi connectivity index (χ1n) is 9.26. The van der Waals surface area contributed by atoms with E-state index in [-0.39, 0.29) is 24.8 Å². The van der Waals surface area contributed by atoms with Gasteiger partial charge in [0.05, 0.1) is 13.2 Å². The summed E-state index contributed by atoms with van der Waals surface area (Å²) in [4.78, 5) is 23.7. The van der Waals surface area contributed by atoms with Gasteiger partial charge in [-0.1, -0.05) is 43.3 Å². The number of urea groups is 1. The van der Waals surface area contributed by atoms with Crippen molar-refractivity contribution >= 4 is 11.9 Å². The number of hydrogen-bond donors (Lipinski definition) is 3. The summed E-state index contributed by atoms with van der Waals surface area (Å²) in [6.07, 6.45) is 0.952. The SMILES string of the molecule is CCCOCc1ccccc1CNC(=O)CNC(=O)NCc1ccc(F)cc1. The summed E-state index contributed by atoms with van der Waals surface area (Å²) in [5, 5.41) is 7.90. The third-order valence-corrected chi connectivity index (χ3v) is 3.98. The van der Waals surface area contributed by atoms with Crippen LogP contribution in [0.15, 0.2) is 48.5 Å². The van der Waals surface area contributed by atoms with E-state index in [0.717, 1.165) is 23.1 Å². The molecule has 0 spiro atoms. The highest BCUT2D eigenvalue weighted by molar-refractivity contribution is 5.83. The van der Waals surface area contributed by atoms with Gasteiger partial charge in [0.25, 0.3) is 0 Å². The summed E-state index contributed by atoms with van der Waals surface area (Å²) in [6, 6.07) is 13.1. The average Bonchev–Trinajstić information content (AvgIpc) is 2.71. The van der Waals surface area contributed by atoms with Gasteiger partial charge in [-0.3, -0.25) is 4.79 Å². The zero-order valence-corrected chi connectivity index (χ0v) is 16.0. The zero-order valence-electron chi connectivity index (χ0n) is 16.0. The molecule has 0 aromatic heterocycles. The Morgan fingerprint density at radius 1 is 0.929 bits per heavy atom. The topological polar surface area (TPSA) is 79.5 Å². The molecule has 2 aromatic carbocycles. The predicted molar refractivity (Wildman–Crippen MR) is 105 cm³/mol. The van der Waals surface area contributed by atoms with Crippen LogP contribution in [-0.2, 0) is 29.2 Å². The molecule has 2 aromatic rings. The van der Waals surface area contributed by atoms with Crippen molar-refractivity contribution in [1.29, 1.82) is 0 Å². The Morgan fingerprint density at radius 3 is 2.36 bits per heavy atom. The number of hydrogen-bond acceptors (Lipinski definition) is 3. The number of halogens is 1. The van der Waals surface area contributed by atoms with Gasteiger partial charge in [-0.05, 0) is 35.2 Å². The molecule has 7 heteroatoms. The normalized spacial score (nSPS) is 10.4. The van der Waals surface area contributed by atoms with Crippen LogP contribution in [0.3, 0.4) is 0 Å². The lowest BCUT2D eigenvalue weighted by Gasteiger charge is -2.12. The summed E-state index contributed by atoms with van der Waals surface area (Å²) < 4.78 is 18.4. The number of amides is 3. The van der Waals surface area contributed by atoms with Crippen molar-refractivity contribution in [2.45, 2.75) is 33.0 Å². The molecule has 0 aliphatic carbocycles. The van der Waals surface area contributed by atoms with E-state index in [1.54, 1.807) is 12.1 Å². The second-order valence-electron chi connectivity index (χ2n) is 6.26. The van der Waals surface area contributed by atoms with Crippen molar-refractivity contribution in [3.8, 4) is 0 Å². The maximum Gasteiger partial charge on any atom is 0.315 e. The molecule has 0 aliphatic heterocycles. The predicted octanol–water partition coefficient (Wildman–Crippen LogP) is 2.87. The summed E-state index contributed by atoms with van der Waals surface area (Å²) in [6.45, 7) is 3.72. The van der Waals surface area contributed by atoms with Crippen molar-refractivity contribution in [3.63, 3.8) is 0 Å². The lowest BCUT2D eigenvalue weighted by atomic mass is 10.1. The lowest BCUT2D eigenvalue weighted by Crippen LogP contribution is -2.41. The second kappa shape index (κ2) is 11.7. The van der Waals surface area contributed by atoms with Crippen LogP contribution in [0.5, 0.6) is 0 Å². The van der Waals surface area contributed by atoms with Gasteiger partial charge in [0, 0.05) is 19.7 Å². The van der Waals surface area contributed by atoms with E-state index in [1.807, 2.05) is 24.3 Å². The van der Waals surface area contributed by atoms with Gasteiger partial charge in [-0.2, -0.15) is 0 Å². The fourth-order valence-corrected chi connectivity index (χ4v) is 2.46. The third kappa shape index (κ3) is 7.75. The van der Waals surface area contributed by atoms with Gasteiger partial charge in [-0.25, -0.2) is 9.18 Å². The molecule has 0 saturated heterocycles. The fraction of sp³-hybridized carbons (Fsp3) is 0.333. The van der Waals surface area contributed by atoms with Crippen LogP contribution in [0.2, 0.25) is 0 Å². The van der Waals surface area contributed by atoms with E-state index in [4.69, 9.17) is 4.74 Å². The van der Waals surface area contributed by atoms with Crippen LogP contribution >= 0.6 is 0 Å². The Kier molecular flexibility index (Phi) is 8.94. The number of rotatable bonds is 10. The molecule has 0 unspecified atom stereocenters. The Labute approximate surface area is 164 Å². The number of ether oxygens (including phenoxy) is 1. The van der Waals surface area contributed by atoms with Crippen LogP contribution in [0, 0.1) is 5.82 Å². The molecular weight excluding hydrogens is 361 g/mol. The Bertz CT molecular complexity index is 766. The highest BCUT2D eigenvalue weighted by atomic mass is 19.1. The van der Waals surface area contributed by atoms with Gasteiger partial charge >= 0.3 is 6.03 Å². The first-order valence-corrected chi connectivity index (χ1v) is 9.26. The molecular formula is C21H26FN3O3. The summed E-state index contributed by atoms with van der Waals surface area (Å²) in [5.41, 5.74) is 2.77. The molecule has 0 aliphatic rings. The van der Waals surface area contributed by atoms with Crippen molar-refractivity contribution in [1.82, 2.24) is 16.0 Å². The molecule has 2 rings (SSSR count). The highest BCUT2D eigenvalue weighted by Crippen LogP contribution is 2.10. The van der Waals surface area contributed by atoms with Crippen LogP contribution in [-0.4, -0.2) is 25.1 Å².